The van der Waals surface area contributed by atoms with E-state index in [1.807, 2.05) is 0 Å². The molecule has 1 unspecified atom stereocenters. The summed E-state index contributed by atoms with van der Waals surface area (Å²) in [5, 5.41) is 3.63. The molecular formula is C13H25NO2. The molecule has 0 bridgehead atoms. The molecule has 2 fully saturated rings. The van der Waals surface area contributed by atoms with Crippen LogP contribution in [0.5, 0.6) is 0 Å². The van der Waals surface area contributed by atoms with Gasteiger partial charge in [-0.25, -0.2) is 0 Å². The summed E-state index contributed by atoms with van der Waals surface area (Å²) in [4.78, 5) is 0. The minimum atomic E-state index is 0.134. The number of methoxy groups -OCH3 is 1. The third kappa shape index (κ3) is 2.41. The first-order valence-corrected chi connectivity index (χ1v) is 6.44. The molecule has 0 aromatic rings. The largest absolute Gasteiger partial charge is 0.385 e. The maximum absolute atomic E-state index is 6.08. The van der Waals surface area contributed by atoms with E-state index < -0.39 is 0 Å². The van der Waals surface area contributed by atoms with Gasteiger partial charge >= 0.3 is 0 Å². The summed E-state index contributed by atoms with van der Waals surface area (Å²) < 4.78 is 11.2. The average Bonchev–Trinajstić information content (AvgIpc) is 2.18. The van der Waals surface area contributed by atoms with E-state index in [9.17, 15) is 0 Å². The van der Waals surface area contributed by atoms with Gasteiger partial charge < -0.3 is 14.8 Å². The number of ether oxygens (including phenoxy) is 2. The Kier molecular flexibility index (Phi) is 3.57. The Morgan fingerprint density at radius 1 is 1.38 bits per heavy atom. The molecule has 1 heterocycles. The van der Waals surface area contributed by atoms with Crippen molar-refractivity contribution in [3.05, 3.63) is 0 Å². The molecule has 0 aromatic heterocycles. The second kappa shape index (κ2) is 4.63. The first kappa shape index (κ1) is 12.3. The molecule has 16 heavy (non-hydrogen) atoms. The van der Waals surface area contributed by atoms with Crippen molar-refractivity contribution in [1.29, 1.82) is 0 Å². The maximum atomic E-state index is 6.08. The molecule has 3 nitrogen and oxygen atoms in total. The van der Waals surface area contributed by atoms with Crippen LogP contribution >= 0.6 is 0 Å². The van der Waals surface area contributed by atoms with Gasteiger partial charge in [0.05, 0.1) is 12.2 Å². The van der Waals surface area contributed by atoms with Crippen LogP contribution in [-0.2, 0) is 9.47 Å². The van der Waals surface area contributed by atoms with E-state index in [2.05, 4.69) is 19.2 Å². The van der Waals surface area contributed by atoms with Crippen molar-refractivity contribution in [3.63, 3.8) is 0 Å². The van der Waals surface area contributed by atoms with Gasteiger partial charge in [-0.1, -0.05) is 13.8 Å². The van der Waals surface area contributed by atoms with Crippen molar-refractivity contribution in [2.24, 2.45) is 5.41 Å². The zero-order valence-electron chi connectivity index (χ0n) is 10.8. The molecule has 1 aliphatic heterocycles. The van der Waals surface area contributed by atoms with Crippen LogP contribution in [0, 0.1) is 5.41 Å². The van der Waals surface area contributed by atoms with E-state index in [-0.39, 0.29) is 5.60 Å². The molecule has 2 rings (SSSR count). The number of rotatable bonds is 4. The summed E-state index contributed by atoms with van der Waals surface area (Å²) in [6.45, 7) is 7.40. The normalized spacial score (nSPS) is 31.3. The zero-order chi connectivity index (χ0) is 11.6. The fraction of sp³-hybridized carbons (Fsp3) is 1.00. The lowest BCUT2D eigenvalue weighted by Gasteiger charge is -2.58. The quantitative estimate of drug-likeness (QED) is 0.745. The summed E-state index contributed by atoms with van der Waals surface area (Å²) in [6.07, 6.45) is 4.69. The van der Waals surface area contributed by atoms with Gasteiger partial charge in [0.15, 0.2) is 0 Å². The van der Waals surface area contributed by atoms with E-state index in [0.29, 0.717) is 11.5 Å². The molecule has 0 amide bonds. The van der Waals surface area contributed by atoms with Gasteiger partial charge in [-0.2, -0.15) is 0 Å². The molecule has 0 radical (unpaired) electrons. The lowest BCUT2D eigenvalue weighted by molar-refractivity contribution is -0.195. The van der Waals surface area contributed by atoms with Gasteiger partial charge in [-0.15, -0.1) is 0 Å². The SMILES string of the molecule is COCCCC1NCCOC12CC(C)(C)C2. The predicted molar refractivity (Wildman–Crippen MR) is 64.6 cm³/mol. The molecule has 2 aliphatic rings. The second-order valence-electron chi connectivity index (χ2n) is 6.07. The van der Waals surface area contributed by atoms with Crippen LogP contribution in [-0.4, -0.2) is 38.5 Å². The molecule has 94 valence electrons. The van der Waals surface area contributed by atoms with Gasteiger partial charge in [-0.05, 0) is 31.1 Å². The summed E-state index contributed by atoms with van der Waals surface area (Å²) in [5.41, 5.74) is 0.605. The highest BCUT2D eigenvalue weighted by Crippen LogP contribution is 2.53. The third-order valence-electron chi connectivity index (χ3n) is 3.91. The summed E-state index contributed by atoms with van der Waals surface area (Å²) in [6, 6.07) is 0.532. The lowest BCUT2D eigenvalue weighted by atomic mass is 9.57. The Morgan fingerprint density at radius 2 is 2.12 bits per heavy atom. The highest BCUT2D eigenvalue weighted by molar-refractivity contribution is 5.09. The van der Waals surface area contributed by atoms with Crippen molar-refractivity contribution in [1.82, 2.24) is 5.32 Å². The van der Waals surface area contributed by atoms with Crippen molar-refractivity contribution in [2.75, 3.05) is 26.9 Å². The monoisotopic (exact) mass is 227 g/mol. The van der Waals surface area contributed by atoms with Crippen LogP contribution in [0.1, 0.15) is 39.5 Å². The molecule has 1 aliphatic carbocycles. The van der Waals surface area contributed by atoms with Crippen molar-refractivity contribution in [3.8, 4) is 0 Å². The van der Waals surface area contributed by atoms with Gasteiger partial charge in [0.1, 0.15) is 0 Å². The van der Waals surface area contributed by atoms with Gasteiger partial charge in [-0.3, -0.25) is 0 Å². The maximum Gasteiger partial charge on any atom is 0.0845 e. The summed E-state index contributed by atoms with van der Waals surface area (Å²) in [7, 11) is 1.77. The Hall–Kier alpha value is -0.120. The molecule has 3 heteroatoms. The van der Waals surface area contributed by atoms with Crippen molar-refractivity contribution >= 4 is 0 Å². The molecule has 1 N–H and O–H groups in total. The first-order valence-electron chi connectivity index (χ1n) is 6.44. The fourth-order valence-corrected chi connectivity index (χ4v) is 3.49. The van der Waals surface area contributed by atoms with E-state index in [0.717, 1.165) is 26.2 Å². The number of nitrogens with one attached hydrogen (secondary N) is 1. The Balaban J connectivity index is 1.88. The molecular weight excluding hydrogens is 202 g/mol. The predicted octanol–water partition coefficient (Wildman–Crippen LogP) is 1.96. The van der Waals surface area contributed by atoms with Gasteiger partial charge in [0.25, 0.3) is 0 Å². The Labute approximate surface area is 98.9 Å². The number of morpholine rings is 1. The first-order chi connectivity index (χ1) is 7.58. The third-order valence-corrected chi connectivity index (χ3v) is 3.91. The van der Waals surface area contributed by atoms with Crippen LogP contribution in [0.4, 0.5) is 0 Å². The van der Waals surface area contributed by atoms with E-state index in [4.69, 9.17) is 9.47 Å². The van der Waals surface area contributed by atoms with Crippen LogP contribution in [0.3, 0.4) is 0 Å². The zero-order valence-corrected chi connectivity index (χ0v) is 10.8. The van der Waals surface area contributed by atoms with Crippen LogP contribution in [0.2, 0.25) is 0 Å². The molecule has 1 saturated heterocycles. The fourth-order valence-electron chi connectivity index (χ4n) is 3.49. The molecule has 1 saturated carbocycles. The average molecular weight is 227 g/mol. The molecule has 1 spiro atoms. The van der Waals surface area contributed by atoms with Gasteiger partial charge in [0, 0.05) is 26.3 Å². The Bertz CT molecular complexity index is 232. The molecule has 0 aromatic carbocycles. The summed E-state index contributed by atoms with van der Waals surface area (Å²) >= 11 is 0. The van der Waals surface area contributed by atoms with E-state index in [1.54, 1.807) is 7.11 Å². The standard InChI is InChI=1S/C13H25NO2/c1-12(2)9-13(10-12)11(5-4-7-15-3)14-6-8-16-13/h11,14H,4-10H2,1-3H3. The minimum Gasteiger partial charge on any atom is -0.385 e. The number of hydrogen-bond acceptors (Lipinski definition) is 3. The van der Waals surface area contributed by atoms with Crippen molar-refractivity contribution < 1.29 is 9.47 Å². The van der Waals surface area contributed by atoms with E-state index in [1.165, 1.54) is 19.3 Å². The van der Waals surface area contributed by atoms with Crippen LogP contribution in [0.25, 0.3) is 0 Å². The highest BCUT2D eigenvalue weighted by Gasteiger charge is 2.55. The summed E-state index contributed by atoms with van der Waals surface area (Å²) in [5.74, 6) is 0. The lowest BCUT2D eigenvalue weighted by Crippen LogP contribution is -2.66. The second-order valence-corrected chi connectivity index (χ2v) is 6.07. The van der Waals surface area contributed by atoms with Crippen LogP contribution in [0.15, 0.2) is 0 Å². The smallest absolute Gasteiger partial charge is 0.0845 e. The number of hydrogen-bond donors (Lipinski definition) is 1. The highest BCUT2D eigenvalue weighted by atomic mass is 16.5. The minimum absolute atomic E-state index is 0.134. The van der Waals surface area contributed by atoms with Crippen molar-refractivity contribution in [2.45, 2.75) is 51.2 Å². The van der Waals surface area contributed by atoms with Gasteiger partial charge in [0.2, 0.25) is 0 Å². The Morgan fingerprint density at radius 3 is 2.75 bits per heavy atom. The molecule has 1 atom stereocenters. The topological polar surface area (TPSA) is 30.5 Å². The van der Waals surface area contributed by atoms with Crippen LogP contribution < -0.4 is 5.32 Å². The van der Waals surface area contributed by atoms with E-state index >= 15 is 0 Å².